The lowest BCUT2D eigenvalue weighted by atomic mass is 9.80. The highest BCUT2D eigenvalue weighted by Crippen LogP contribution is 2.31. The molecule has 0 atom stereocenters. The fourth-order valence-electron chi connectivity index (χ4n) is 2.77. The van der Waals surface area contributed by atoms with Gasteiger partial charge in [0.15, 0.2) is 0 Å². The van der Waals surface area contributed by atoms with Crippen LogP contribution >= 0.6 is 15.9 Å². The van der Waals surface area contributed by atoms with Crippen LogP contribution in [-0.4, -0.2) is 10.7 Å². The summed E-state index contributed by atoms with van der Waals surface area (Å²) in [6.45, 7) is 8.46. The first-order chi connectivity index (χ1) is 8.72. The van der Waals surface area contributed by atoms with E-state index in [0.29, 0.717) is 18.3 Å². The number of rotatable bonds is 6. The van der Waals surface area contributed by atoms with Gasteiger partial charge in [-0.1, -0.05) is 49.7 Å². The van der Waals surface area contributed by atoms with Crippen LogP contribution in [0.4, 0.5) is 4.39 Å². The third kappa shape index (κ3) is 5.62. The molecule has 0 saturated carbocycles. The Morgan fingerprint density at radius 1 is 1.16 bits per heavy atom. The van der Waals surface area contributed by atoms with E-state index in [1.54, 1.807) is 6.07 Å². The first-order valence-corrected chi connectivity index (χ1v) is 7.67. The minimum absolute atomic E-state index is 0.258. The summed E-state index contributed by atoms with van der Waals surface area (Å²) in [7, 11) is 0. The van der Waals surface area contributed by atoms with Crippen molar-refractivity contribution in [2.24, 2.45) is 11.8 Å². The third-order valence-electron chi connectivity index (χ3n) is 3.11. The molecule has 1 rings (SSSR count). The second-order valence-corrected chi connectivity index (χ2v) is 7.19. The highest BCUT2D eigenvalue weighted by molar-refractivity contribution is 9.10. The number of aliphatic hydroxyl groups is 1. The minimum Gasteiger partial charge on any atom is -0.390 e. The average molecular weight is 331 g/mol. The summed E-state index contributed by atoms with van der Waals surface area (Å²) >= 11 is 3.38. The first-order valence-electron chi connectivity index (χ1n) is 6.88. The van der Waals surface area contributed by atoms with Gasteiger partial charge in [-0.3, -0.25) is 0 Å². The lowest BCUT2D eigenvalue weighted by molar-refractivity contribution is 0.000592. The molecule has 0 fully saturated rings. The monoisotopic (exact) mass is 330 g/mol. The predicted molar refractivity (Wildman–Crippen MR) is 81.7 cm³/mol. The molecule has 0 aromatic heterocycles. The van der Waals surface area contributed by atoms with Crippen LogP contribution in [0.3, 0.4) is 0 Å². The Bertz CT molecular complexity index is 405. The van der Waals surface area contributed by atoms with E-state index in [0.717, 1.165) is 22.9 Å². The van der Waals surface area contributed by atoms with Gasteiger partial charge in [0.25, 0.3) is 0 Å². The number of hydrogen-bond acceptors (Lipinski definition) is 1. The van der Waals surface area contributed by atoms with Crippen LogP contribution in [0.15, 0.2) is 22.7 Å². The van der Waals surface area contributed by atoms with E-state index in [4.69, 9.17) is 0 Å². The molecule has 19 heavy (non-hydrogen) atoms. The van der Waals surface area contributed by atoms with Crippen LogP contribution in [0.25, 0.3) is 0 Å². The summed E-state index contributed by atoms with van der Waals surface area (Å²) < 4.78 is 13.8. The standard InChI is InChI=1S/C16H24BrFO/c1-11(2)8-16(19,9-12(3)4)10-13-5-6-14(18)7-15(13)17/h5-7,11-12,19H,8-10H2,1-4H3. The smallest absolute Gasteiger partial charge is 0.124 e. The fourth-order valence-corrected chi connectivity index (χ4v) is 3.26. The van der Waals surface area contributed by atoms with Gasteiger partial charge in [-0.05, 0) is 42.4 Å². The van der Waals surface area contributed by atoms with E-state index < -0.39 is 5.60 Å². The second kappa shape index (κ2) is 6.85. The van der Waals surface area contributed by atoms with Crippen LogP contribution in [0.2, 0.25) is 0 Å². The fraction of sp³-hybridized carbons (Fsp3) is 0.625. The van der Waals surface area contributed by atoms with Crippen LogP contribution < -0.4 is 0 Å². The Labute approximate surface area is 124 Å². The van der Waals surface area contributed by atoms with Crippen molar-refractivity contribution in [3.05, 3.63) is 34.1 Å². The Hall–Kier alpha value is -0.410. The quantitative estimate of drug-likeness (QED) is 0.782. The molecule has 0 unspecified atom stereocenters. The number of halogens is 2. The minimum atomic E-state index is -0.720. The molecule has 1 aromatic carbocycles. The van der Waals surface area contributed by atoms with Crippen molar-refractivity contribution >= 4 is 15.9 Å². The van der Waals surface area contributed by atoms with E-state index in [1.807, 2.05) is 0 Å². The van der Waals surface area contributed by atoms with Crippen molar-refractivity contribution in [3.63, 3.8) is 0 Å². The Kier molecular flexibility index (Phi) is 6.00. The summed E-state index contributed by atoms with van der Waals surface area (Å²) in [6.07, 6.45) is 2.08. The van der Waals surface area contributed by atoms with Crippen molar-refractivity contribution in [2.45, 2.75) is 52.6 Å². The topological polar surface area (TPSA) is 20.2 Å². The van der Waals surface area contributed by atoms with Crippen LogP contribution in [-0.2, 0) is 6.42 Å². The normalized spacial score (nSPS) is 12.5. The maximum atomic E-state index is 13.1. The third-order valence-corrected chi connectivity index (χ3v) is 3.85. The first kappa shape index (κ1) is 16.6. The molecule has 0 amide bonds. The second-order valence-electron chi connectivity index (χ2n) is 6.33. The number of benzene rings is 1. The Morgan fingerprint density at radius 2 is 1.68 bits per heavy atom. The molecule has 108 valence electrons. The SMILES string of the molecule is CC(C)CC(O)(Cc1ccc(F)cc1Br)CC(C)C. The molecule has 1 nitrogen and oxygen atoms in total. The van der Waals surface area contributed by atoms with Crippen molar-refractivity contribution in [1.82, 2.24) is 0 Å². The summed E-state index contributed by atoms with van der Waals surface area (Å²) in [5.41, 5.74) is 0.244. The lowest BCUT2D eigenvalue weighted by Gasteiger charge is -2.32. The highest BCUT2D eigenvalue weighted by Gasteiger charge is 2.30. The largest absolute Gasteiger partial charge is 0.390 e. The van der Waals surface area contributed by atoms with Gasteiger partial charge in [0.1, 0.15) is 5.82 Å². The zero-order chi connectivity index (χ0) is 14.6. The van der Waals surface area contributed by atoms with Crippen molar-refractivity contribution in [2.75, 3.05) is 0 Å². The molecule has 0 heterocycles. The summed E-state index contributed by atoms with van der Waals surface area (Å²) in [6, 6.07) is 4.66. The molecule has 1 aromatic rings. The average Bonchev–Trinajstić information content (AvgIpc) is 2.19. The van der Waals surface area contributed by atoms with Crippen molar-refractivity contribution in [3.8, 4) is 0 Å². The van der Waals surface area contributed by atoms with E-state index in [9.17, 15) is 9.50 Å². The predicted octanol–water partition coefficient (Wildman–Crippen LogP) is 4.95. The molecule has 0 aliphatic rings. The molecule has 0 aliphatic heterocycles. The van der Waals surface area contributed by atoms with E-state index >= 15 is 0 Å². The molecule has 0 radical (unpaired) electrons. The zero-order valence-electron chi connectivity index (χ0n) is 12.2. The maximum Gasteiger partial charge on any atom is 0.124 e. The highest BCUT2D eigenvalue weighted by atomic mass is 79.9. The van der Waals surface area contributed by atoms with Gasteiger partial charge in [-0.25, -0.2) is 4.39 Å². The summed E-state index contributed by atoms with van der Waals surface area (Å²) in [5.74, 6) is 0.609. The molecular formula is C16H24BrFO. The molecule has 3 heteroatoms. The van der Waals surface area contributed by atoms with E-state index in [-0.39, 0.29) is 5.82 Å². The van der Waals surface area contributed by atoms with Crippen LogP contribution in [0.1, 0.15) is 46.1 Å². The Morgan fingerprint density at radius 3 is 2.11 bits per heavy atom. The van der Waals surface area contributed by atoms with Gasteiger partial charge in [-0.2, -0.15) is 0 Å². The van der Waals surface area contributed by atoms with Crippen LogP contribution in [0.5, 0.6) is 0 Å². The molecule has 1 N–H and O–H groups in total. The molecular weight excluding hydrogens is 307 g/mol. The van der Waals surface area contributed by atoms with Crippen molar-refractivity contribution in [1.29, 1.82) is 0 Å². The van der Waals surface area contributed by atoms with Gasteiger partial charge < -0.3 is 5.11 Å². The van der Waals surface area contributed by atoms with Gasteiger partial charge in [0.05, 0.1) is 5.60 Å². The van der Waals surface area contributed by atoms with E-state index in [1.165, 1.54) is 12.1 Å². The van der Waals surface area contributed by atoms with Gasteiger partial charge >= 0.3 is 0 Å². The van der Waals surface area contributed by atoms with Gasteiger partial charge in [-0.15, -0.1) is 0 Å². The molecule has 0 aliphatic carbocycles. The van der Waals surface area contributed by atoms with Crippen molar-refractivity contribution < 1.29 is 9.50 Å². The van der Waals surface area contributed by atoms with E-state index in [2.05, 4.69) is 43.6 Å². The summed E-state index contributed by atoms with van der Waals surface area (Å²) in [4.78, 5) is 0. The number of hydrogen-bond donors (Lipinski definition) is 1. The maximum absolute atomic E-state index is 13.1. The van der Waals surface area contributed by atoms with Gasteiger partial charge in [0.2, 0.25) is 0 Å². The van der Waals surface area contributed by atoms with Gasteiger partial charge in [0, 0.05) is 10.9 Å². The van der Waals surface area contributed by atoms with Crippen LogP contribution in [0, 0.1) is 17.7 Å². The molecule has 0 saturated heterocycles. The zero-order valence-corrected chi connectivity index (χ0v) is 13.8. The summed E-state index contributed by atoms with van der Waals surface area (Å²) in [5, 5.41) is 10.9. The Balaban J connectivity index is 2.93. The molecule has 0 spiro atoms. The lowest BCUT2D eigenvalue weighted by Crippen LogP contribution is -2.35. The molecule has 0 bridgehead atoms.